The number of hydrogen-bond donors (Lipinski definition) is 4. The van der Waals surface area contributed by atoms with Crippen LogP contribution in [-0.2, 0) is 11.3 Å². The number of aromatic nitrogens is 1. The van der Waals surface area contributed by atoms with E-state index in [4.69, 9.17) is 26.9 Å². The molecule has 0 aliphatic carbocycles. The summed E-state index contributed by atoms with van der Waals surface area (Å²) in [6, 6.07) is 15.8. The van der Waals surface area contributed by atoms with Gasteiger partial charge in [0, 0.05) is 16.8 Å². The fraction of sp³-hybridized carbons (Fsp3) is 0.167. The number of methoxy groups -OCH3 is 1. The third-order valence-electron chi connectivity index (χ3n) is 5.33. The maximum atomic E-state index is 13.2. The summed E-state index contributed by atoms with van der Waals surface area (Å²) >= 11 is 5.98. The molecular formula is C24H24ClN7O5. The lowest BCUT2D eigenvalue weighted by molar-refractivity contribution is -0.121. The molecule has 1 atom stereocenters. The smallest absolute Gasteiger partial charge is 0.332 e. The van der Waals surface area contributed by atoms with Gasteiger partial charge in [0.1, 0.15) is 18.0 Å². The van der Waals surface area contributed by atoms with E-state index < -0.39 is 30.8 Å². The first-order valence-electron chi connectivity index (χ1n) is 11.0. The molecular weight excluding hydrogens is 502 g/mol. The van der Waals surface area contributed by atoms with Crippen molar-refractivity contribution in [1.82, 2.24) is 25.5 Å². The van der Waals surface area contributed by atoms with E-state index in [1.165, 1.54) is 12.0 Å². The number of nitrogens with two attached hydrogens (primary N) is 1. The number of ether oxygens (including phenoxy) is 2. The van der Waals surface area contributed by atoms with E-state index in [1.54, 1.807) is 66.9 Å². The summed E-state index contributed by atoms with van der Waals surface area (Å²) in [5, 5.41) is 6.38. The Morgan fingerprint density at radius 1 is 1.08 bits per heavy atom. The predicted octanol–water partition coefficient (Wildman–Crippen LogP) is 2.87. The van der Waals surface area contributed by atoms with Gasteiger partial charge in [0.15, 0.2) is 6.29 Å². The van der Waals surface area contributed by atoms with E-state index >= 15 is 0 Å². The molecule has 1 saturated heterocycles. The second-order valence-electron chi connectivity index (χ2n) is 7.85. The van der Waals surface area contributed by atoms with Crippen LogP contribution in [0.4, 0.5) is 15.3 Å². The molecule has 0 radical (unpaired) electrons. The third kappa shape index (κ3) is 6.37. The highest BCUT2D eigenvalue weighted by atomic mass is 35.5. The van der Waals surface area contributed by atoms with Gasteiger partial charge >= 0.3 is 12.1 Å². The molecule has 5 N–H and O–H groups in total. The Kier molecular flexibility index (Phi) is 7.91. The number of halogens is 1. The third-order valence-corrected chi connectivity index (χ3v) is 5.59. The highest BCUT2D eigenvalue weighted by Gasteiger charge is 2.39. The number of hydrogen-bond acceptors (Lipinski definition) is 8. The lowest BCUT2D eigenvalue weighted by Gasteiger charge is -2.41. The lowest BCUT2D eigenvalue weighted by atomic mass is 10.2. The summed E-state index contributed by atoms with van der Waals surface area (Å²) in [6.45, 7) is -0.405. The monoisotopic (exact) mass is 525 g/mol. The van der Waals surface area contributed by atoms with E-state index in [2.05, 4.69) is 15.6 Å². The maximum Gasteiger partial charge on any atom is 0.332 e. The van der Waals surface area contributed by atoms with Crippen LogP contribution in [0, 0.1) is 0 Å². The van der Waals surface area contributed by atoms with E-state index in [-0.39, 0.29) is 6.54 Å². The molecule has 192 valence electrons. The van der Waals surface area contributed by atoms with Gasteiger partial charge in [-0.25, -0.2) is 25.3 Å². The molecule has 1 aromatic heterocycles. The number of carbonyl (C=O) groups is 3. The minimum atomic E-state index is -0.912. The van der Waals surface area contributed by atoms with Crippen LogP contribution in [0.3, 0.4) is 0 Å². The Balaban J connectivity index is 1.50. The predicted molar refractivity (Wildman–Crippen MR) is 135 cm³/mol. The highest BCUT2D eigenvalue weighted by Crippen LogP contribution is 2.25. The normalized spacial score (nSPS) is 15.2. The van der Waals surface area contributed by atoms with E-state index in [0.717, 1.165) is 10.5 Å². The Hall–Kier alpha value is -4.55. The van der Waals surface area contributed by atoms with Gasteiger partial charge in [0.05, 0.1) is 19.9 Å². The molecule has 1 fully saturated rings. The summed E-state index contributed by atoms with van der Waals surface area (Å²) in [5.41, 5.74) is 3.29. The number of nitrogens with zero attached hydrogens (tertiary/aromatic N) is 3. The summed E-state index contributed by atoms with van der Waals surface area (Å²) in [5.74, 6) is 6.00. The van der Waals surface area contributed by atoms with Crippen molar-refractivity contribution < 1.29 is 23.9 Å². The van der Waals surface area contributed by atoms with Crippen LogP contribution in [-0.4, -0.2) is 52.7 Å². The minimum Gasteiger partial charge on any atom is -0.481 e. The molecule has 37 heavy (non-hydrogen) atoms. The SMILES string of the molecule is COc1ccc(Oc2ccc(NC3NC(=O)N(CC(=O)NN)C(=O)N3Cc3ccc(Cl)cc3)cc2)cn1. The molecule has 1 aliphatic rings. The number of pyridine rings is 1. The van der Waals surface area contributed by atoms with Gasteiger partial charge in [-0.2, -0.15) is 0 Å². The lowest BCUT2D eigenvalue weighted by Crippen LogP contribution is -2.68. The van der Waals surface area contributed by atoms with Gasteiger partial charge in [0.2, 0.25) is 5.88 Å². The summed E-state index contributed by atoms with van der Waals surface area (Å²) < 4.78 is 10.8. The van der Waals surface area contributed by atoms with Crippen molar-refractivity contribution >= 4 is 35.3 Å². The number of carbonyl (C=O) groups excluding carboxylic acids is 3. The Labute approximate surface area is 217 Å². The molecule has 2 aromatic carbocycles. The second kappa shape index (κ2) is 11.5. The van der Waals surface area contributed by atoms with E-state index in [0.29, 0.717) is 28.1 Å². The molecule has 12 nitrogen and oxygen atoms in total. The number of anilines is 1. The van der Waals surface area contributed by atoms with Gasteiger partial charge in [0.25, 0.3) is 5.91 Å². The first-order chi connectivity index (χ1) is 17.9. The van der Waals surface area contributed by atoms with Crippen LogP contribution < -0.4 is 31.4 Å². The zero-order valence-electron chi connectivity index (χ0n) is 19.7. The Bertz CT molecular complexity index is 1260. The van der Waals surface area contributed by atoms with Crippen LogP contribution in [0.15, 0.2) is 66.9 Å². The molecule has 1 unspecified atom stereocenters. The number of hydrazine groups is 1. The molecule has 13 heteroatoms. The van der Waals surface area contributed by atoms with Crippen LogP contribution in [0.2, 0.25) is 5.02 Å². The Morgan fingerprint density at radius 3 is 2.41 bits per heavy atom. The summed E-state index contributed by atoms with van der Waals surface area (Å²) in [6.07, 6.45) is 0.630. The van der Waals surface area contributed by atoms with E-state index in [1.807, 2.05) is 5.43 Å². The summed E-state index contributed by atoms with van der Waals surface area (Å²) in [7, 11) is 1.53. The molecule has 1 aliphatic heterocycles. The van der Waals surface area contributed by atoms with Crippen molar-refractivity contribution in [2.75, 3.05) is 19.0 Å². The molecule has 0 saturated carbocycles. The highest BCUT2D eigenvalue weighted by molar-refractivity contribution is 6.30. The molecule has 4 rings (SSSR count). The molecule has 5 amide bonds. The largest absolute Gasteiger partial charge is 0.481 e. The van der Waals surface area contributed by atoms with Crippen LogP contribution in [0.25, 0.3) is 0 Å². The first kappa shape index (κ1) is 25.5. The number of imide groups is 1. The van der Waals surface area contributed by atoms with Crippen molar-refractivity contribution in [3.8, 4) is 17.4 Å². The van der Waals surface area contributed by atoms with Gasteiger partial charge in [-0.15, -0.1) is 0 Å². The van der Waals surface area contributed by atoms with Gasteiger partial charge < -0.3 is 14.8 Å². The van der Waals surface area contributed by atoms with Crippen LogP contribution in [0.5, 0.6) is 17.4 Å². The first-order valence-corrected chi connectivity index (χ1v) is 11.4. The summed E-state index contributed by atoms with van der Waals surface area (Å²) in [4.78, 5) is 43.9. The molecule has 3 aromatic rings. The number of nitrogens with one attached hydrogen (secondary N) is 3. The van der Waals surface area contributed by atoms with Gasteiger partial charge in [-0.05, 0) is 48.0 Å². The van der Waals surface area contributed by atoms with Gasteiger partial charge in [-0.1, -0.05) is 23.7 Å². The molecule has 2 heterocycles. The topological polar surface area (TPSA) is 151 Å². The van der Waals surface area contributed by atoms with Crippen molar-refractivity contribution in [2.24, 2.45) is 5.84 Å². The molecule has 0 bridgehead atoms. The zero-order chi connectivity index (χ0) is 26.4. The van der Waals surface area contributed by atoms with Crippen LogP contribution in [0.1, 0.15) is 5.56 Å². The standard InChI is InChI=1S/C24H24ClN7O5/c1-36-21-11-10-19(12-27-21)37-18-8-6-17(7-9-18)28-22-29-23(34)32(14-20(33)30-26)24(35)31(22)13-15-2-4-16(25)5-3-15/h2-12,22,28H,13-14,26H2,1H3,(H,29,34)(H,30,33). The van der Waals surface area contributed by atoms with Crippen molar-refractivity contribution in [1.29, 1.82) is 0 Å². The fourth-order valence-electron chi connectivity index (χ4n) is 3.47. The number of rotatable bonds is 9. The zero-order valence-corrected chi connectivity index (χ0v) is 20.4. The number of urea groups is 2. The minimum absolute atomic E-state index is 0.125. The number of amides is 5. The molecule has 0 spiro atoms. The van der Waals surface area contributed by atoms with Crippen molar-refractivity contribution in [3.63, 3.8) is 0 Å². The van der Waals surface area contributed by atoms with Crippen molar-refractivity contribution in [3.05, 3.63) is 77.4 Å². The van der Waals surface area contributed by atoms with Gasteiger partial charge in [-0.3, -0.25) is 20.4 Å². The maximum absolute atomic E-state index is 13.2. The van der Waals surface area contributed by atoms with E-state index in [9.17, 15) is 14.4 Å². The number of benzene rings is 2. The second-order valence-corrected chi connectivity index (χ2v) is 8.29. The van der Waals surface area contributed by atoms with Crippen LogP contribution >= 0.6 is 11.6 Å². The average Bonchev–Trinajstić information content (AvgIpc) is 2.91. The average molecular weight is 526 g/mol. The Morgan fingerprint density at radius 2 is 1.78 bits per heavy atom. The fourth-order valence-corrected chi connectivity index (χ4v) is 3.60. The quantitative estimate of drug-likeness (QED) is 0.189. The van der Waals surface area contributed by atoms with Crippen molar-refractivity contribution in [2.45, 2.75) is 12.8 Å².